The predicted molar refractivity (Wildman–Crippen MR) is 120 cm³/mol. The topological polar surface area (TPSA) is 114 Å². The summed E-state index contributed by atoms with van der Waals surface area (Å²) in [7, 11) is 0. The summed E-state index contributed by atoms with van der Waals surface area (Å²) in [5.41, 5.74) is 3.67. The van der Waals surface area contributed by atoms with Crippen LogP contribution in [0, 0.1) is 10.1 Å². The highest BCUT2D eigenvalue weighted by molar-refractivity contribution is 8.15. The van der Waals surface area contributed by atoms with Crippen molar-refractivity contribution in [3.8, 4) is 0 Å². The minimum Gasteiger partial charge on any atom is -0.303 e. The third-order valence-corrected chi connectivity index (χ3v) is 6.33. The summed E-state index contributed by atoms with van der Waals surface area (Å²) in [4.78, 5) is 35.3. The molecule has 31 heavy (non-hydrogen) atoms. The zero-order valence-electron chi connectivity index (χ0n) is 16.6. The van der Waals surface area contributed by atoms with Crippen LogP contribution in [0.3, 0.4) is 0 Å². The van der Waals surface area contributed by atoms with Crippen molar-refractivity contribution in [1.82, 2.24) is 5.32 Å². The summed E-state index contributed by atoms with van der Waals surface area (Å²) in [5, 5.41) is 21.1. The molecular formula is C22H20N4O4S. The molecule has 8 nitrogen and oxygen atoms in total. The number of benzene rings is 2. The number of rotatable bonds is 6. The summed E-state index contributed by atoms with van der Waals surface area (Å²) in [6.07, 6.45) is 5.84. The van der Waals surface area contributed by atoms with Crippen LogP contribution in [0.15, 0.2) is 52.7 Å². The van der Waals surface area contributed by atoms with Crippen molar-refractivity contribution in [2.45, 2.75) is 37.4 Å². The molecule has 1 heterocycles. The van der Waals surface area contributed by atoms with E-state index in [4.69, 9.17) is 0 Å². The molecule has 1 aliphatic heterocycles. The lowest BCUT2D eigenvalue weighted by Gasteiger charge is -2.16. The fourth-order valence-corrected chi connectivity index (χ4v) is 4.57. The standard InChI is InChI=1S/C22H20N4O4S/c27-19(17-9-8-15-5-1-2-6-16(15)11-17)12-20-21(28)24-22(31-20)25-23-13-14-4-3-7-18(10-14)26(29)30/h3-4,7-11,13,20H,1-2,5-6,12H2,(H,24,25,28)/b23-13+. The Kier molecular flexibility index (Phi) is 6.22. The van der Waals surface area contributed by atoms with E-state index in [1.165, 1.54) is 35.9 Å². The highest BCUT2D eigenvalue weighted by Gasteiger charge is 2.32. The first-order chi connectivity index (χ1) is 15.0. The number of nitrogens with one attached hydrogen (secondary N) is 1. The Labute approximate surface area is 183 Å². The molecular weight excluding hydrogens is 416 g/mol. The van der Waals surface area contributed by atoms with Crippen molar-refractivity contribution in [1.29, 1.82) is 0 Å². The van der Waals surface area contributed by atoms with Gasteiger partial charge >= 0.3 is 0 Å². The van der Waals surface area contributed by atoms with E-state index in [2.05, 4.69) is 15.5 Å². The monoisotopic (exact) mass is 436 g/mol. The number of hydrogen-bond donors (Lipinski definition) is 1. The molecule has 1 fully saturated rings. The number of fused-ring (bicyclic) bond motifs is 1. The fraction of sp³-hybridized carbons (Fsp3) is 0.273. The van der Waals surface area contributed by atoms with Crippen LogP contribution in [0.4, 0.5) is 5.69 Å². The third-order valence-electron chi connectivity index (χ3n) is 5.25. The second kappa shape index (κ2) is 9.22. The van der Waals surface area contributed by atoms with E-state index in [1.54, 1.807) is 12.1 Å². The molecule has 0 radical (unpaired) electrons. The minimum absolute atomic E-state index is 0.0408. The highest BCUT2D eigenvalue weighted by atomic mass is 32.2. The minimum atomic E-state index is -0.560. The highest BCUT2D eigenvalue weighted by Crippen LogP contribution is 2.26. The Morgan fingerprint density at radius 3 is 2.81 bits per heavy atom. The summed E-state index contributed by atoms with van der Waals surface area (Å²) < 4.78 is 0. The number of amidine groups is 1. The predicted octanol–water partition coefficient (Wildman–Crippen LogP) is 3.67. The number of Topliss-reactive ketones (excluding diaryl/α,β-unsaturated/α-hetero) is 1. The molecule has 2 aliphatic rings. The van der Waals surface area contributed by atoms with Crippen LogP contribution in [0.2, 0.25) is 0 Å². The molecule has 1 N–H and O–H groups in total. The molecule has 1 amide bonds. The van der Waals surface area contributed by atoms with Crippen LogP contribution in [0.1, 0.15) is 46.3 Å². The maximum Gasteiger partial charge on any atom is 0.270 e. The number of hydrogen-bond acceptors (Lipinski definition) is 7. The van der Waals surface area contributed by atoms with Gasteiger partial charge in [-0.2, -0.15) is 5.10 Å². The van der Waals surface area contributed by atoms with Gasteiger partial charge < -0.3 is 5.32 Å². The number of amides is 1. The maximum absolute atomic E-state index is 12.7. The molecule has 1 atom stereocenters. The SMILES string of the molecule is O=C(CC1S/C(=N\N=C\c2cccc([N+](=O)[O-])c2)NC1=O)c1ccc2c(c1)CCCC2. The molecule has 1 saturated heterocycles. The van der Waals surface area contributed by atoms with Gasteiger partial charge in [-0.3, -0.25) is 19.7 Å². The molecule has 0 bridgehead atoms. The average molecular weight is 436 g/mol. The number of non-ortho nitro benzene ring substituents is 1. The molecule has 0 spiro atoms. The molecule has 1 aliphatic carbocycles. The first-order valence-electron chi connectivity index (χ1n) is 9.97. The van der Waals surface area contributed by atoms with Gasteiger partial charge in [-0.25, -0.2) is 0 Å². The number of nitro benzene ring substituents is 1. The maximum atomic E-state index is 12.7. The molecule has 4 rings (SSSR count). The zero-order chi connectivity index (χ0) is 21.8. The Morgan fingerprint density at radius 2 is 2.00 bits per heavy atom. The van der Waals surface area contributed by atoms with Gasteiger partial charge in [-0.1, -0.05) is 36.0 Å². The van der Waals surface area contributed by atoms with Gasteiger partial charge in [0.25, 0.3) is 5.69 Å². The van der Waals surface area contributed by atoms with Gasteiger partial charge in [-0.05, 0) is 42.9 Å². The van der Waals surface area contributed by atoms with Gasteiger partial charge in [0, 0.05) is 29.7 Å². The molecule has 2 aromatic carbocycles. The number of carbonyl (C=O) groups is 2. The Morgan fingerprint density at radius 1 is 1.19 bits per heavy atom. The fourth-order valence-electron chi connectivity index (χ4n) is 3.65. The van der Waals surface area contributed by atoms with E-state index in [0.717, 1.165) is 31.0 Å². The van der Waals surface area contributed by atoms with E-state index < -0.39 is 10.2 Å². The molecule has 0 aromatic heterocycles. The number of aryl methyl sites for hydroxylation is 2. The van der Waals surface area contributed by atoms with Crippen molar-refractivity contribution >= 4 is 40.5 Å². The largest absolute Gasteiger partial charge is 0.303 e. The van der Waals surface area contributed by atoms with Crippen LogP contribution in [-0.4, -0.2) is 33.2 Å². The Bertz CT molecular complexity index is 1110. The summed E-state index contributed by atoms with van der Waals surface area (Å²) >= 11 is 1.16. The number of carbonyl (C=O) groups excluding carboxylic acids is 2. The number of nitro groups is 1. The van der Waals surface area contributed by atoms with Crippen LogP contribution >= 0.6 is 11.8 Å². The van der Waals surface area contributed by atoms with Crippen LogP contribution in [0.5, 0.6) is 0 Å². The van der Waals surface area contributed by atoms with Gasteiger partial charge in [0.05, 0.1) is 16.4 Å². The molecule has 2 aromatic rings. The van der Waals surface area contributed by atoms with Gasteiger partial charge in [0.1, 0.15) is 0 Å². The van der Waals surface area contributed by atoms with Crippen LogP contribution < -0.4 is 5.32 Å². The molecule has 158 valence electrons. The van der Waals surface area contributed by atoms with Gasteiger partial charge in [0.2, 0.25) is 5.91 Å². The molecule has 9 heteroatoms. The lowest BCUT2D eigenvalue weighted by molar-refractivity contribution is -0.384. The smallest absolute Gasteiger partial charge is 0.270 e. The summed E-state index contributed by atoms with van der Waals surface area (Å²) in [6.45, 7) is 0. The Hall–Kier alpha value is -3.33. The van der Waals surface area contributed by atoms with Crippen molar-refractivity contribution < 1.29 is 14.5 Å². The van der Waals surface area contributed by atoms with Gasteiger partial charge in [-0.15, -0.1) is 5.10 Å². The summed E-state index contributed by atoms with van der Waals surface area (Å²) in [6, 6.07) is 11.8. The normalized spacial score (nSPS) is 19.4. The number of ketones is 1. The van der Waals surface area contributed by atoms with E-state index in [-0.39, 0.29) is 23.8 Å². The molecule has 1 unspecified atom stereocenters. The lowest BCUT2D eigenvalue weighted by Crippen LogP contribution is -2.26. The molecule has 0 saturated carbocycles. The first-order valence-corrected chi connectivity index (χ1v) is 10.9. The van der Waals surface area contributed by atoms with Gasteiger partial charge in [0.15, 0.2) is 11.0 Å². The van der Waals surface area contributed by atoms with Crippen LogP contribution in [0.25, 0.3) is 0 Å². The summed E-state index contributed by atoms with van der Waals surface area (Å²) in [5.74, 6) is -0.344. The van der Waals surface area contributed by atoms with Crippen molar-refractivity contribution in [2.75, 3.05) is 0 Å². The van der Waals surface area contributed by atoms with Crippen molar-refractivity contribution in [3.05, 3.63) is 74.8 Å². The van der Waals surface area contributed by atoms with E-state index >= 15 is 0 Å². The quantitative estimate of drug-likeness (QED) is 0.321. The van der Waals surface area contributed by atoms with E-state index in [0.29, 0.717) is 16.3 Å². The van der Waals surface area contributed by atoms with Crippen molar-refractivity contribution in [2.24, 2.45) is 10.2 Å². The second-order valence-electron chi connectivity index (χ2n) is 7.42. The third kappa shape index (κ3) is 5.05. The zero-order valence-corrected chi connectivity index (χ0v) is 17.4. The van der Waals surface area contributed by atoms with Crippen molar-refractivity contribution in [3.63, 3.8) is 0 Å². The Balaban J connectivity index is 1.38. The van der Waals surface area contributed by atoms with E-state index in [9.17, 15) is 19.7 Å². The first kappa shape index (κ1) is 20.9. The number of thioether (sulfide) groups is 1. The van der Waals surface area contributed by atoms with Crippen LogP contribution in [-0.2, 0) is 17.6 Å². The average Bonchev–Trinajstić information content (AvgIpc) is 3.12. The van der Waals surface area contributed by atoms with E-state index in [1.807, 2.05) is 18.2 Å². The number of nitrogens with zero attached hydrogens (tertiary/aromatic N) is 3. The second-order valence-corrected chi connectivity index (χ2v) is 8.61. The lowest BCUT2D eigenvalue weighted by atomic mass is 9.89.